The van der Waals surface area contributed by atoms with Crippen LogP contribution in [-0.4, -0.2) is 56.6 Å². The van der Waals surface area contributed by atoms with E-state index in [1.54, 1.807) is 0 Å². The minimum absolute atomic E-state index is 0.433. The second kappa shape index (κ2) is 8.27. The van der Waals surface area contributed by atoms with E-state index < -0.39 is 12.0 Å². The molecule has 2 atom stereocenters. The Labute approximate surface area is 122 Å². The third kappa shape index (κ3) is 5.28. The summed E-state index contributed by atoms with van der Waals surface area (Å²) in [6, 6.07) is 4.08. The van der Waals surface area contributed by atoms with E-state index in [1.165, 1.54) is 24.9 Å². The third-order valence-electron chi connectivity index (χ3n) is 3.10. The van der Waals surface area contributed by atoms with Crippen LogP contribution < -0.4 is 5.73 Å². The first-order chi connectivity index (χ1) is 9.06. The Morgan fingerprint density at radius 1 is 1.74 bits per heavy atom. The SMILES string of the molecule is CN1CCCC1c1cccnc1.N[C@@H](C[SeH])C(=O)O. The van der Waals surface area contributed by atoms with Gasteiger partial charge in [-0.25, -0.2) is 0 Å². The first-order valence-corrected chi connectivity index (χ1v) is 7.58. The fourth-order valence-electron chi connectivity index (χ4n) is 1.98. The number of hydrogen-bond donors (Lipinski definition) is 2. The minimum atomic E-state index is -0.944. The number of nitrogens with two attached hydrogens (primary N) is 1. The average Bonchev–Trinajstić information content (AvgIpc) is 2.85. The fourth-order valence-corrected chi connectivity index (χ4v) is 2.31. The van der Waals surface area contributed by atoms with Crippen LogP contribution in [0.4, 0.5) is 0 Å². The van der Waals surface area contributed by atoms with Gasteiger partial charge in [0.05, 0.1) is 0 Å². The van der Waals surface area contributed by atoms with Crippen molar-refractivity contribution in [2.24, 2.45) is 5.73 Å². The van der Waals surface area contributed by atoms with Crippen molar-refractivity contribution in [3.63, 3.8) is 0 Å². The predicted octanol–water partition coefficient (Wildman–Crippen LogP) is 0.566. The van der Waals surface area contributed by atoms with Crippen molar-refractivity contribution < 1.29 is 9.90 Å². The zero-order chi connectivity index (χ0) is 14.3. The number of pyridine rings is 1. The van der Waals surface area contributed by atoms with Gasteiger partial charge in [-0.15, -0.1) is 0 Å². The van der Waals surface area contributed by atoms with Gasteiger partial charge in [-0.3, -0.25) is 9.88 Å². The number of carbonyl (C=O) groups is 1. The van der Waals surface area contributed by atoms with Crippen molar-refractivity contribution in [2.45, 2.75) is 30.2 Å². The van der Waals surface area contributed by atoms with E-state index in [1.807, 2.05) is 18.5 Å². The van der Waals surface area contributed by atoms with Gasteiger partial charge in [-0.1, -0.05) is 6.07 Å². The number of hydrogen-bond acceptors (Lipinski definition) is 4. The quantitative estimate of drug-likeness (QED) is 0.792. The van der Waals surface area contributed by atoms with Gasteiger partial charge in [0.25, 0.3) is 0 Å². The molecule has 1 aliphatic rings. The van der Waals surface area contributed by atoms with Crippen LogP contribution in [-0.2, 0) is 4.79 Å². The monoisotopic (exact) mass is 331 g/mol. The van der Waals surface area contributed by atoms with Gasteiger partial charge < -0.3 is 0 Å². The molecule has 3 N–H and O–H groups in total. The number of aliphatic carboxylic acids is 1. The molecule has 1 aromatic rings. The molecule has 0 aromatic carbocycles. The Morgan fingerprint density at radius 3 is 2.84 bits per heavy atom. The van der Waals surface area contributed by atoms with Crippen molar-refractivity contribution in [1.82, 2.24) is 9.88 Å². The van der Waals surface area contributed by atoms with E-state index in [-0.39, 0.29) is 0 Å². The van der Waals surface area contributed by atoms with E-state index in [0.717, 1.165) is 0 Å². The summed E-state index contributed by atoms with van der Waals surface area (Å²) in [7, 11) is 2.19. The van der Waals surface area contributed by atoms with Gasteiger partial charge in [0.1, 0.15) is 0 Å². The van der Waals surface area contributed by atoms with Crippen molar-refractivity contribution in [1.29, 1.82) is 0 Å². The van der Waals surface area contributed by atoms with E-state index in [9.17, 15) is 4.79 Å². The Morgan fingerprint density at radius 2 is 2.47 bits per heavy atom. The van der Waals surface area contributed by atoms with Gasteiger partial charge in [-0.05, 0) is 38.1 Å². The maximum atomic E-state index is 9.80. The number of carboxylic acid groups (broad SMARTS) is 1. The molecule has 0 bridgehead atoms. The molecule has 0 amide bonds. The molecular weight excluding hydrogens is 309 g/mol. The summed E-state index contributed by atoms with van der Waals surface area (Å²) < 4.78 is 0. The standard InChI is InChI=1S/C10H14N2.C3H7NO2Se/c1-12-7-3-5-10(12)9-4-2-6-11-8-9;4-2(1-7)3(5)6/h2,4,6,8,10H,3,5,7H2,1H3;2,7H,1,4H2,(H,5,6)/t;2-/m.0/s1. The van der Waals surface area contributed by atoms with E-state index >= 15 is 0 Å². The number of likely N-dealkylation sites (tertiary alicyclic amines) is 1. The van der Waals surface area contributed by atoms with Gasteiger partial charge in [0, 0.05) is 18.4 Å². The summed E-state index contributed by atoms with van der Waals surface area (Å²) in [6.07, 6.45) is 6.41. The molecule has 19 heavy (non-hydrogen) atoms. The summed E-state index contributed by atoms with van der Waals surface area (Å²) >= 11 is 2.13. The molecule has 2 heterocycles. The fraction of sp³-hybridized carbons (Fsp3) is 0.538. The second-order valence-corrected chi connectivity index (χ2v) is 5.32. The molecule has 0 radical (unpaired) electrons. The molecule has 1 aromatic heterocycles. The summed E-state index contributed by atoms with van der Waals surface area (Å²) in [5, 5.41) is 8.48. The zero-order valence-electron chi connectivity index (χ0n) is 11.1. The van der Waals surface area contributed by atoms with E-state index in [2.05, 4.69) is 39.0 Å². The van der Waals surface area contributed by atoms with Crippen LogP contribution in [0.25, 0.3) is 0 Å². The van der Waals surface area contributed by atoms with Gasteiger partial charge >= 0.3 is 49.0 Å². The van der Waals surface area contributed by atoms with Crippen molar-refractivity contribution in [3.05, 3.63) is 30.1 Å². The topological polar surface area (TPSA) is 79.5 Å². The molecule has 0 aliphatic carbocycles. The molecule has 0 spiro atoms. The van der Waals surface area contributed by atoms with Crippen molar-refractivity contribution >= 4 is 22.0 Å². The molecule has 0 saturated carbocycles. The van der Waals surface area contributed by atoms with Crippen LogP contribution in [0.15, 0.2) is 24.5 Å². The van der Waals surface area contributed by atoms with Gasteiger partial charge in [-0.2, -0.15) is 0 Å². The van der Waals surface area contributed by atoms with Crippen LogP contribution in [0.1, 0.15) is 24.4 Å². The molecule has 1 saturated heterocycles. The summed E-state index contributed by atoms with van der Waals surface area (Å²) in [4.78, 5) is 16.3. The number of carboxylic acids is 1. The molecule has 5 nitrogen and oxygen atoms in total. The molecule has 1 aliphatic heterocycles. The summed E-state index contributed by atoms with van der Waals surface area (Å²) in [6.45, 7) is 1.22. The molecule has 106 valence electrons. The van der Waals surface area contributed by atoms with Crippen LogP contribution in [0.3, 0.4) is 0 Å². The van der Waals surface area contributed by atoms with E-state index in [4.69, 9.17) is 10.8 Å². The average molecular weight is 330 g/mol. The Balaban J connectivity index is 0.000000224. The summed E-state index contributed by atoms with van der Waals surface area (Å²) in [5.41, 5.74) is 6.36. The predicted molar refractivity (Wildman–Crippen MR) is 76.4 cm³/mol. The Kier molecular flexibility index (Phi) is 7.02. The first kappa shape index (κ1) is 16.1. The second-order valence-electron chi connectivity index (χ2n) is 4.55. The Hall–Kier alpha value is -0.941. The molecule has 6 heteroatoms. The first-order valence-electron chi connectivity index (χ1n) is 6.25. The number of rotatable bonds is 3. The molecule has 2 rings (SSSR count). The number of nitrogens with zero attached hydrogens (tertiary/aromatic N) is 2. The van der Waals surface area contributed by atoms with Crippen molar-refractivity contribution in [2.75, 3.05) is 13.6 Å². The Bertz CT molecular complexity index is 389. The van der Waals surface area contributed by atoms with Crippen molar-refractivity contribution in [3.8, 4) is 0 Å². The summed E-state index contributed by atoms with van der Waals surface area (Å²) in [5.74, 6) is -0.944. The van der Waals surface area contributed by atoms with Crippen LogP contribution >= 0.6 is 0 Å². The zero-order valence-corrected chi connectivity index (χ0v) is 12.9. The third-order valence-corrected chi connectivity index (χ3v) is 3.93. The normalized spacial score (nSPS) is 20.5. The molecule has 1 fully saturated rings. The molecule has 1 unspecified atom stereocenters. The van der Waals surface area contributed by atoms with Gasteiger partial charge in [0.15, 0.2) is 0 Å². The van der Waals surface area contributed by atoms with Gasteiger partial charge in [0.2, 0.25) is 0 Å². The maximum absolute atomic E-state index is 9.80. The molecular formula is C13H21N3O2Se. The van der Waals surface area contributed by atoms with Crippen LogP contribution in [0.5, 0.6) is 0 Å². The number of aromatic nitrogens is 1. The van der Waals surface area contributed by atoms with E-state index in [0.29, 0.717) is 11.4 Å². The van der Waals surface area contributed by atoms with Crippen LogP contribution in [0.2, 0.25) is 5.32 Å². The van der Waals surface area contributed by atoms with Crippen LogP contribution in [0, 0.1) is 0 Å².